The molecule has 2 heteroatoms. The standard InChI is InChI=1S/C9H17BO/c1-11-10-5-4-8-2-3-9(6-8)7-10/h8-9H,2-7H2,1H3. The Bertz CT molecular complexity index is 138. The van der Waals surface area contributed by atoms with Gasteiger partial charge in [0.2, 0.25) is 0 Å². The molecule has 1 heterocycles. The van der Waals surface area contributed by atoms with E-state index in [2.05, 4.69) is 0 Å². The first-order valence-corrected chi connectivity index (χ1v) is 4.91. The zero-order valence-electron chi connectivity index (χ0n) is 7.38. The Balaban J connectivity index is 1.94. The van der Waals surface area contributed by atoms with Crippen molar-refractivity contribution >= 4 is 6.92 Å². The first-order valence-electron chi connectivity index (χ1n) is 4.91. The predicted octanol–water partition coefficient (Wildman–Crippen LogP) is 2.44. The van der Waals surface area contributed by atoms with E-state index in [1.54, 1.807) is 0 Å². The molecule has 1 saturated carbocycles. The summed E-state index contributed by atoms with van der Waals surface area (Å²) in [6.07, 6.45) is 8.56. The fraction of sp³-hybridized carbons (Fsp3) is 1.00. The van der Waals surface area contributed by atoms with Crippen LogP contribution in [-0.4, -0.2) is 14.0 Å². The van der Waals surface area contributed by atoms with E-state index >= 15 is 0 Å². The minimum absolute atomic E-state index is 0.588. The summed E-state index contributed by atoms with van der Waals surface area (Å²) in [7, 11) is 1.86. The zero-order chi connectivity index (χ0) is 7.68. The smallest absolute Gasteiger partial charge is 0.292 e. The van der Waals surface area contributed by atoms with Gasteiger partial charge in [0, 0.05) is 7.11 Å². The quantitative estimate of drug-likeness (QED) is 0.524. The largest absolute Gasteiger partial charge is 0.438 e. The Kier molecular flexibility index (Phi) is 2.21. The van der Waals surface area contributed by atoms with Gasteiger partial charge in [0.25, 0.3) is 6.92 Å². The van der Waals surface area contributed by atoms with Crippen molar-refractivity contribution in [2.75, 3.05) is 7.11 Å². The molecule has 2 bridgehead atoms. The van der Waals surface area contributed by atoms with Crippen LogP contribution in [0.5, 0.6) is 0 Å². The van der Waals surface area contributed by atoms with E-state index < -0.39 is 0 Å². The van der Waals surface area contributed by atoms with Gasteiger partial charge < -0.3 is 4.65 Å². The number of rotatable bonds is 1. The average Bonchev–Trinajstić information content (AvgIpc) is 2.31. The molecule has 1 saturated heterocycles. The molecule has 1 aliphatic heterocycles. The van der Waals surface area contributed by atoms with Crippen LogP contribution in [0.1, 0.15) is 25.7 Å². The molecule has 2 aliphatic rings. The topological polar surface area (TPSA) is 9.23 Å². The van der Waals surface area contributed by atoms with Crippen LogP contribution in [0.3, 0.4) is 0 Å². The maximum atomic E-state index is 5.42. The third kappa shape index (κ3) is 1.61. The Labute approximate surface area is 69.6 Å². The Morgan fingerprint density at radius 1 is 1.18 bits per heavy atom. The fourth-order valence-corrected chi connectivity index (χ4v) is 2.78. The van der Waals surface area contributed by atoms with Gasteiger partial charge in [-0.05, 0) is 30.9 Å². The van der Waals surface area contributed by atoms with Gasteiger partial charge in [0.1, 0.15) is 0 Å². The molecule has 0 aromatic carbocycles. The molecule has 0 spiro atoms. The lowest BCUT2D eigenvalue weighted by Crippen LogP contribution is -2.17. The highest BCUT2D eigenvalue weighted by atomic mass is 16.4. The number of fused-ring (bicyclic) bond motifs is 2. The van der Waals surface area contributed by atoms with Crippen LogP contribution in [0.25, 0.3) is 0 Å². The summed E-state index contributed by atoms with van der Waals surface area (Å²) in [5, 5.41) is 0. The number of hydrogen-bond donors (Lipinski definition) is 0. The first-order chi connectivity index (χ1) is 5.38. The van der Waals surface area contributed by atoms with Crippen LogP contribution < -0.4 is 0 Å². The molecule has 2 rings (SSSR count). The van der Waals surface area contributed by atoms with E-state index in [-0.39, 0.29) is 0 Å². The monoisotopic (exact) mass is 152 g/mol. The maximum Gasteiger partial charge on any atom is 0.292 e. The van der Waals surface area contributed by atoms with Crippen LogP contribution in [-0.2, 0) is 4.65 Å². The van der Waals surface area contributed by atoms with Crippen LogP contribution >= 0.6 is 0 Å². The molecule has 0 radical (unpaired) electrons. The first kappa shape index (κ1) is 7.66. The molecule has 2 unspecified atom stereocenters. The lowest BCUT2D eigenvalue weighted by molar-refractivity contribution is 0.406. The van der Waals surface area contributed by atoms with E-state index in [0.717, 1.165) is 11.8 Å². The highest BCUT2D eigenvalue weighted by molar-refractivity contribution is 6.51. The van der Waals surface area contributed by atoms with Crippen molar-refractivity contribution in [3.8, 4) is 0 Å². The van der Waals surface area contributed by atoms with Gasteiger partial charge in [-0.1, -0.05) is 19.3 Å². The Morgan fingerprint density at radius 3 is 2.82 bits per heavy atom. The van der Waals surface area contributed by atoms with Gasteiger partial charge in [-0.25, -0.2) is 0 Å². The van der Waals surface area contributed by atoms with Crippen molar-refractivity contribution in [1.82, 2.24) is 0 Å². The van der Waals surface area contributed by atoms with E-state index in [9.17, 15) is 0 Å². The molecule has 0 amide bonds. The Hall–Kier alpha value is 0.0249. The SMILES string of the molecule is COB1CCC2CCC(C1)C2. The third-order valence-electron chi connectivity index (χ3n) is 3.48. The van der Waals surface area contributed by atoms with Gasteiger partial charge in [-0.2, -0.15) is 0 Å². The van der Waals surface area contributed by atoms with Gasteiger partial charge in [0.05, 0.1) is 0 Å². The molecular weight excluding hydrogens is 135 g/mol. The third-order valence-corrected chi connectivity index (χ3v) is 3.48. The molecule has 2 atom stereocenters. The van der Waals surface area contributed by atoms with E-state index in [1.807, 2.05) is 7.11 Å². The fourth-order valence-electron chi connectivity index (χ4n) is 2.78. The second-order valence-electron chi connectivity index (χ2n) is 4.22. The highest BCUT2D eigenvalue weighted by Gasteiger charge is 2.32. The normalized spacial score (nSPS) is 37.4. The summed E-state index contributed by atoms with van der Waals surface area (Å²) in [6.45, 7) is 0.588. The molecule has 62 valence electrons. The van der Waals surface area contributed by atoms with Gasteiger partial charge >= 0.3 is 0 Å². The second-order valence-corrected chi connectivity index (χ2v) is 4.22. The van der Waals surface area contributed by atoms with Crippen molar-refractivity contribution in [2.45, 2.75) is 38.3 Å². The summed E-state index contributed by atoms with van der Waals surface area (Å²) in [5.41, 5.74) is 0. The maximum absolute atomic E-state index is 5.42. The van der Waals surface area contributed by atoms with Crippen LogP contribution in [0.2, 0.25) is 12.6 Å². The van der Waals surface area contributed by atoms with Crippen molar-refractivity contribution in [2.24, 2.45) is 11.8 Å². The minimum Gasteiger partial charge on any atom is -0.438 e. The number of hydrogen-bond acceptors (Lipinski definition) is 1. The lowest BCUT2D eigenvalue weighted by Gasteiger charge is -2.13. The van der Waals surface area contributed by atoms with Crippen molar-refractivity contribution < 1.29 is 4.65 Å². The van der Waals surface area contributed by atoms with Crippen LogP contribution in [0, 0.1) is 11.8 Å². The Morgan fingerprint density at radius 2 is 2.00 bits per heavy atom. The van der Waals surface area contributed by atoms with E-state index in [1.165, 1.54) is 38.3 Å². The van der Waals surface area contributed by atoms with Crippen molar-refractivity contribution in [3.05, 3.63) is 0 Å². The summed E-state index contributed by atoms with van der Waals surface area (Å²) < 4.78 is 5.42. The van der Waals surface area contributed by atoms with Gasteiger partial charge in [-0.15, -0.1) is 0 Å². The molecule has 0 N–H and O–H groups in total. The summed E-state index contributed by atoms with van der Waals surface area (Å²) >= 11 is 0. The van der Waals surface area contributed by atoms with Gasteiger partial charge in [-0.3, -0.25) is 0 Å². The van der Waals surface area contributed by atoms with Gasteiger partial charge in [0.15, 0.2) is 0 Å². The summed E-state index contributed by atoms with van der Waals surface area (Å²) in [6, 6.07) is 0. The molecule has 1 aliphatic carbocycles. The summed E-state index contributed by atoms with van der Waals surface area (Å²) in [4.78, 5) is 0. The second kappa shape index (κ2) is 3.18. The van der Waals surface area contributed by atoms with Crippen LogP contribution in [0.15, 0.2) is 0 Å². The molecular formula is C9H17BO. The lowest BCUT2D eigenvalue weighted by atomic mass is 9.58. The van der Waals surface area contributed by atoms with E-state index in [4.69, 9.17) is 4.65 Å². The molecule has 0 aromatic rings. The van der Waals surface area contributed by atoms with Crippen molar-refractivity contribution in [1.29, 1.82) is 0 Å². The molecule has 11 heavy (non-hydrogen) atoms. The predicted molar refractivity (Wildman–Crippen MR) is 47.8 cm³/mol. The molecule has 0 aromatic heterocycles. The summed E-state index contributed by atoms with van der Waals surface area (Å²) in [5.74, 6) is 2.06. The highest BCUT2D eigenvalue weighted by Crippen LogP contribution is 2.40. The zero-order valence-corrected chi connectivity index (χ0v) is 7.38. The molecule has 1 nitrogen and oxygen atoms in total. The van der Waals surface area contributed by atoms with Crippen molar-refractivity contribution in [3.63, 3.8) is 0 Å². The van der Waals surface area contributed by atoms with E-state index in [0.29, 0.717) is 6.92 Å². The average molecular weight is 152 g/mol. The molecule has 2 fully saturated rings. The minimum atomic E-state index is 0.588. The van der Waals surface area contributed by atoms with Crippen LogP contribution in [0.4, 0.5) is 0 Å².